The van der Waals surface area contributed by atoms with Gasteiger partial charge in [-0.1, -0.05) is 6.07 Å². The molecule has 2 N–H and O–H groups in total. The summed E-state index contributed by atoms with van der Waals surface area (Å²) in [7, 11) is 0. The maximum Gasteiger partial charge on any atom is 0.156 e. The Morgan fingerprint density at radius 2 is 2.46 bits per heavy atom. The SMILES string of the molecule is OCC1COc2c(Br)cccc2N1. The highest BCUT2D eigenvalue weighted by Gasteiger charge is 2.19. The fourth-order valence-electron chi connectivity index (χ4n) is 1.31. The molecule has 0 radical (unpaired) electrons. The molecule has 1 heterocycles. The molecule has 1 atom stereocenters. The van der Waals surface area contributed by atoms with Crippen molar-refractivity contribution in [2.24, 2.45) is 0 Å². The van der Waals surface area contributed by atoms with Crippen molar-refractivity contribution in [2.45, 2.75) is 6.04 Å². The van der Waals surface area contributed by atoms with Crippen molar-refractivity contribution in [3.8, 4) is 5.75 Å². The minimum Gasteiger partial charge on any atom is -0.488 e. The van der Waals surface area contributed by atoms with Gasteiger partial charge in [-0.25, -0.2) is 0 Å². The highest BCUT2D eigenvalue weighted by atomic mass is 79.9. The molecule has 0 saturated heterocycles. The molecule has 4 heteroatoms. The normalized spacial score (nSPS) is 20.0. The largest absolute Gasteiger partial charge is 0.488 e. The lowest BCUT2D eigenvalue weighted by Gasteiger charge is -2.26. The summed E-state index contributed by atoms with van der Waals surface area (Å²) in [4.78, 5) is 0. The average molecular weight is 244 g/mol. The molecule has 1 aromatic rings. The summed E-state index contributed by atoms with van der Waals surface area (Å²) in [6, 6.07) is 5.79. The zero-order valence-corrected chi connectivity index (χ0v) is 8.54. The molecule has 0 fully saturated rings. The zero-order chi connectivity index (χ0) is 9.26. The number of rotatable bonds is 1. The van der Waals surface area contributed by atoms with Crippen molar-refractivity contribution >= 4 is 21.6 Å². The van der Waals surface area contributed by atoms with Crippen LogP contribution < -0.4 is 10.1 Å². The number of hydrogen-bond donors (Lipinski definition) is 2. The summed E-state index contributed by atoms with van der Waals surface area (Å²) in [6.07, 6.45) is 0. The lowest BCUT2D eigenvalue weighted by molar-refractivity contribution is 0.207. The highest BCUT2D eigenvalue weighted by Crippen LogP contribution is 2.35. The van der Waals surface area contributed by atoms with Crippen LogP contribution in [0.25, 0.3) is 0 Å². The van der Waals surface area contributed by atoms with Crippen LogP contribution in [0, 0.1) is 0 Å². The summed E-state index contributed by atoms with van der Waals surface area (Å²) in [5, 5.41) is 12.1. The molecule has 1 unspecified atom stereocenters. The maximum atomic E-state index is 8.93. The molecule has 13 heavy (non-hydrogen) atoms. The minimum atomic E-state index is 0.00167. The molecular weight excluding hydrogens is 234 g/mol. The van der Waals surface area contributed by atoms with Gasteiger partial charge >= 0.3 is 0 Å². The Labute approximate surface area is 84.8 Å². The topological polar surface area (TPSA) is 41.5 Å². The molecule has 1 aliphatic heterocycles. The van der Waals surface area contributed by atoms with Crippen LogP contribution in [0.5, 0.6) is 5.75 Å². The number of para-hydroxylation sites is 1. The van der Waals surface area contributed by atoms with Gasteiger partial charge < -0.3 is 15.2 Å². The van der Waals surface area contributed by atoms with E-state index in [0.717, 1.165) is 15.9 Å². The van der Waals surface area contributed by atoms with Gasteiger partial charge in [-0.05, 0) is 28.1 Å². The standard InChI is InChI=1S/C9H10BrNO2/c10-7-2-1-3-8-9(7)13-5-6(4-12)11-8/h1-3,6,11-12H,4-5H2. The first-order chi connectivity index (χ1) is 6.31. The zero-order valence-electron chi connectivity index (χ0n) is 6.96. The van der Waals surface area contributed by atoms with Gasteiger partial charge in [-0.2, -0.15) is 0 Å². The fourth-order valence-corrected chi connectivity index (χ4v) is 1.79. The third kappa shape index (κ3) is 1.64. The summed E-state index contributed by atoms with van der Waals surface area (Å²) in [6.45, 7) is 0.595. The van der Waals surface area contributed by atoms with Crippen LogP contribution in [0.3, 0.4) is 0 Å². The maximum absolute atomic E-state index is 8.93. The quantitative estimate of drug-likeness (QED) is 0.788. The van der Waals surface area contributed by atoms with E-state index in [4.69, 9.17) is 9.84 Å². The van der Waals surface area contributed by atoms with E-state index >= 15 is 0 Å². The summed E-state index contributed by atoms with van der Waals surface area (Å²) >= 11 is 3.40. The number of hydrogen-bond acceptors (Lipinski definition) is 3. The van der Waals surface area contributed by atoms with E-state index in [9.17, 15) is 0 Å². The van der Waals surface area contributed by atoms with Crippen LogP contribution in [0.4, 0.5) is 5.69 Å². The van der Waals surface area contributed by atoms with E-state index in [1.54, 1.807) is 0 Å². The first-order valence-electron chi connectivity index (χ1n) is 4.10. The van der Waals surface area contributed by atoms with E-state index in [0.29, 0.717) is 6.61 Å². The lowest BCUT2D eigenvalue weighted by Crippen LogP contribution is -2.34. The molecule has 0 amide bonds. The van der Waals surface area contributed by atoms with Crippen LogP contribution >= 0.6 is 15.9 Å². The van der Waals surface area contributed by atoms with Crippen molar-refractivity contribution in [2.75, 3.05) is 18.5 Å². The van der Waals surface area contributed by atoms with Gasteiger partial charge in [0.05, 0.1) is 22.8 Å². The van der Waals surface area contributed by atoms with Crippen LogP contribution in [0.15, 0.2) is 22.7 Å². The van der Waals surface area contributed by atoms with Gasteiger partial charge in [0, 0.05) is 0 Å². The molecule has 1 aliphatic rings. The van der Waals surface area contributed by atoms with Gasteiger partial charge in [-0.3, -0.25) is 0 Å². The van der Waals surface area contributed by atoms with Crippen molar-refractivity contribution in [3.05, 3.63) is 22.7 Å². The van der Waals surface area contributed by atoms with Crippen LogP contribution in [-0.2, 0) is 0 Å². The van der Waals surface area contributed by atoms with E-state index in [1.165, 1.54) is 0 Å². The van der Waals surface area contributed by atoms with E-state index in [-0.39, 0.29) is 12.6 Å². The first-order valence-corrected chi connectivity index (χ1v) is 4.89. The average Bonchev–Trinajstić information content (AvgIpc) is 2.18. The molecule has 2 rings (SSSR count). The second-order valence-electron chi connectivity index (χ2n) is 2.95. The van der Waals surface area contributed by atoms with Crippen LogP contribution in [0.2, 0.25) is 0 Å². The first kappa shape index (κ1) is 8.84. The van der Waals surface area contributed by atoms with Crippen LogP contribution in [-0.4, -0.2) is 24.4 Å². The van der Waals surface area contributed by atoms with Gasteiger partial charge in [-0.15, -0.1) is 0 Å². The molecule has 0 saturated carbocycles. The molecule has 0 aromatic heterocycles. The smallest absolute Gasteiger partial charge is 0.156 e. The predicted octanol–water partition coefficient (Wildman–Crippen LogP) is 1.61. The summed E-state index contributed by atoms with van der Waals surface area (Å²) < 4.78 is 6.43. The molecule has 0 aliphatic carbocycles. The lowest BCUT2D eigenvalue weighted by atomic mass is 10.2. The van der Waals surface area contributed by atoms with Gasteiger partial charge in [0.1, 0.15) is 6.61 Å². The molecule has 0 bridgehead atoms. The third-order valence-electron chi connectivity index (χ3n) is 1.98. The molecule has 70 valence electrons. The number of benzene rings is 1. The molecule has 3 nitrogen and oxygen atoms in total. The number of fused-ring (bicyclic) bond motifs is 1. The number of aliphatic hydroxyl groups is 1. The number of halogens is 1. The second-order valence-corrected chi connectivity index (χ2v) is 3.81. The van der Waals surface area contributed by atoms with Crippen LogP contribution in [0.1, 0.15) is 0 Å². The predicted molar refractivity (Wildman–Crippen MR) is 54.1 cm³/mol. The minimum absolute atomic E-state index is 0.00167. The molecular formula is C9H10BrNO2. The Bertz CT molecular complexity index is 316. The van der Waals surface area contributed by atoms with Crippen molar-refractivity contribution in [1.29, 1.82) is 0 Å². The van der Waals surface area contributed by atoms with Gasteiger partial charge in [0.15, 0.2) is 5.75 Å². The Kier molecular flexibility index (Phi) is 2.42. The van der Waals surface area contributed by atoms with Gasteiger partial charge in [0.2, 0.25) is 0 Å². The number of aliphatic hydroxyl groups excluding tert-OH is 1. The number of ether oxygens (including phenoxy) is 1. The van der Waals surface area contributed by atoms with Gasteiger partial charge in [0.25, 0.3) is 0 Å². The fraction of sp³-hybridized carbons (Fsp3) is 0.333. The Morgan fingerprint density at radius 1 is 1.62 bits per heavy atom. The Morgan fingerprint density at radius 3 is 3.23 bits per heavy atom. The van der Waals surface area contributed by atoms with Crippen molar-refractivity contribution < 1.29 is 9.84 Å². The summed E-state index contributed by atoms with van der Waals surface area (Å²) in [5.41, 5.74) is 0.930. The highest BCUT2D eigenvalue weighted by molar-refractivity contribution is 9.10. The third-order valence-corrected chi connectivity index (χ3v) is 2.60. The molecule has 1 aromatic carbocycles. The number of anilines is 1. The van der Waals surface area contributed by atoms with Crippen molar-refractivity contribution in [1.82, 2.24) is 0 Å². The van der Waals surface area contributed by atoms with E-state index in [1.807, 2.05) is 18.2 Å². The number of nitrogens with one attached hydrogen (secondary N) is 1. The molecule has 0 spiro atoms. The van der Waals surface area contributed by atoms with Crippen molar-refractivity contribution in [3.63, 3.8) is 0 Å². The Hall–Kier alpha value is -0.740. The van der Waals surface area contributed by atoms with E-state index in [2.05, 4.69) is 21.2 Å². The van der Waals surface area contributed by atoms with E-state index < -0.39 is 0 Å². The summed E-state index contributed by atoms with van der Waals surface area (Å²) in [5.74, 6) is 0.826. The Balaban J connectivity index is 2.31. The monoisotopic (exact) mass is 243 g/mol. The second kappa shape index (κ2) is 3.55.